The zero-order valence-corrected chi connectivity index (χ0v) is 11.4. The van der Waals surface area contributed by atoms with Crippen LogP contribution in [0.1, 0.15) is 0 Å². The number of halogens is 1. The van der Waals surface area contributed by atoms with Gasteiger partial charge >= 0.3 is 0 Å². The van der Waals surface area contributed by atoms with Crippen LogP contribution in [0.25, 0.3) is 11.3 Å². The highest BCUT2D eigenvalue weighted by Crippen LogP contribution is 2.16. The van der Waals surface area contributed by atoms with Crippen LogP contribution in [0, 0.1) is 5.95 Å². The topological polar surface area (TPSA) is 12.9 Å². The quantitative estimate of drug-likeness (QED) is 0.583. The molecule has 2 aromatic rings. The van der Waals surface area contributed by atoms with Gasteiger partial charge in [0.1, 0.15) is 0 Å². The van der Waals surface area contributed by atoms with Crippen molar-refractivity contribution < 1.29 is 4.39 Å². The Balaban J connectivity index is 2.45. The molecule has 0 unspecified atom stereocenters. The maximum absolute atomic E-state index is 14.0. The molecular weight excluding hydrogens is 229 g/mol. The van der Waals surface area contributed by atoms with E-state index < -0.39 is 8.07 Å². The molecule has 3 heteroatoms. The Kier molecular flexibility index (Phi) is 3.11. The third kappa shape index (κ3) is 2.61. The van der Waals surface area contributed by atoms with Crippen molar-refractivity contribution >= 4 is 13.3 Å². The Hall–Kier alpha value is -1.48. The Morgan fingerprint density at radius 1 is 0.941 bits per heavy atom. The van der Waals surface area contributed by atoms with Crippen molar-refractivity contribution in [1.82, 2.24) is 4.98 Å². The Morgan fingerprint density at radius 2 is 1.59 bits per heavy atom. The van der Waals surface area contributed by atoms with Crippen molar-refractivity contribution in [3.05, 3.63) is 48.4 Å². The molecule has 0 amide bonds. The van der Waals surface area contributed by atoms with Crippen LogP contribution in [0.2, 0.25) is 19.6 Å². The first-order valence-electron chi connectivity index (χ1n) is 5.71. The number of pyridine rings is 1. The summed E-state index contributed by atoms with van der Waals surface area (Å²) < 4.78 is 14.0. The Morgan fingerprint density at radius 3 is 2.12 bits per heavy atom. The first kappa shape index (κ1) is 12.0. The highest BCUT2D eigenvalue weighted by atomic mass is 28.3. The van der Waals surface area contributed by atoms with Gasteiger partial charge in [-0.15, -0.1) is 0 Å². The molecule has 0 N–H and O–H groups in total. The third-order valence-corrected chi connectivity index (χ3v) is 4.72. The normalized spacial score (nSPS) is 11.5. The minimum atomic E-state index is -1.64. The molecule has 88 valence electrons. The summed E-state index contributed by atoms with van der Waals surface area (Å²) in [5.41, 5.74) is 1.65. The van der Waals surface area contributed by atoms with Crippen LogP contribution in [0.3, 0.4) is 0 Å². The van der Waals surface area contributed by atoms with E-state index in [-0.39, 0.29) is 5.95 Å². The molecule has 0 aliphatic rings. The summed E-state index contributed by atoms with van der Waals surface area (Å²) in [6, 6.07) is 13.5. The Labute approximate surface area is 102 Å². The fourth-order valence-electron chi connectivity index (χ4n) is 1.76. The number of rotatable bonds is 2. The van der Waals surface area contributed by atoms with Gasteiger partial charge in [0.15, 0.2) is 0 Å². The van der Waals surface area contributed by atoms with E-state index in [1.54, 1.807) is 0 Å². The monoisotopic (exact) mass is 245 g/mol. The van der Waals surface area contributed by atoms with Crippen LogP contribution in [0.4, 0.5) is 4.39 Å². The van der Waals surface area contributed by atoms with Crippen LogP contribution in [-0.2, 0) is 0 Å². The molecule has 0 saturated carbocycles. The molecule has 2 rings (SSSR count). The van der Waals surface area contributed by atoms with Gasteiger partial charge in [0.25, 0.3) is 0 Å². The largest absolute Gasteiger partial charge is 0.220 e. The van der Waals surface area contributed by atoms with Gasteiger partial charge in [-0.1, -0.05) is 56.0 Å². The molecule has 17 heavy (non-hydrogen) atoms. The highest BCUT2D eigenvalue weighted by molar-refractivity contribution is 6.88. The minimum Gasteiger partial charge on any atom is -0.220 e. The van der Waals surface area contributed by atoms with Gasteiger partial charge in [-0.3, -0.25) is 0 Å². The van der Waals surface area contributed by atoms with Gasteiger partial charge in [0.2, 0.25) is 5.95 Å². The first-order chi connectivity index (χ1) is 7.98. The van der Waals surface area contributed by atoms with E-state index in [4.69, 9.17) is 0 Å². The minimum absolute atomic E-state index is 0.314. The highest BCUT2D eigenvalue weighted by Gasteiger charge is 2.21. The van der Waals surface area contributed by atoms with E-state index in [1.165, 1.54) is 0 Å². The molecule has 0 aliphatic carbocycles. The van der Waals surface area contributed by atoms with Crippen molar-refractivity contribution in [1.29, 1.82) is 0 Å². The van der Waals surface area contributed by atoms with Gasteiger partial charge in [-0.2, -0.15) is 4.39 Å². The van der Waals surface area contributed by atoms with Gasteiger partial charge in [-0.05, 0) is 11.3 Å². The van der Waals surface area contributed by atoms with Crippen LogP contribution < -0.4 is 5.19 Å². The molecule has 0 aliphatic heterocycles. The van der Waals surface area contributed by atoms with Crippen LogP contribution in [0.5, 0.6) is 0 Å². The molecule has 0 atom stereocenters. The van der Waals surface area contributed by atoms with E-state index in [9.17, 15) is 4.39 Å². The zero-order chi connectivity index (χ0) is 12.5. The summed E-state index contributed by atoms with van der Waals surface area (Å²) >= 11 is 0. The summed E-state index contributed by atoms with van der Waals surface area (Å²) in [5, 5.41) is 0.789. The number of nitrogens with zero attached hydrogens (tertiary/aromatic N) is 1. The maximum atomic E-state index is 14.0. The molecule has 1 nitrogen and oxygen atoms in total. The third-order valence-electron chi connectivity index (χ3n) is 2.73. The lowest BCUT2D eigenvalue weighted by Gasteiger charge is -2.17. The van der Waals surface area contributed by atoms with E-state index in [0.717, 1.165) is 10.8 Å². The lowest BCUT2D eigenvalue weighted by molar-refractivity contribution is 0.593. The molecule has 0 fully saturated rings. The summed E-state index contributed by atoms with van der Waals surface area (Å²) in [6.45, 7) is 6.36. The maximum Gasteiger partial charge on any atom is 0.212 e. The van der Waals surface area contributed by atoms with E-state index in [2.05, 4.69) is 24.6 Å². The fraction of sp³-hybridized carbons (Fsp3) is 0.214. The van der Waals surface area contributed by atoms with Crippen molar-refractivity contribution in [2.45, 2.75) is 19.6 Å². The molecule has 0 bridgehead atoms. The molecular formula is C14H16FNSi. The molecule has 1 aromatic heterocycles. The molecule has 1 aromatic carbocycles. The molecule has 0 saturated heterocycles. The summed E-state index contributed by atoms with van der Waals surface area (Å²) in [7, 11) is -1.64. The summed E-state index contributed by atoms with van der Waals surface area (Å²) in [6.07, 6.45) is 0. The molecule has 0 radical (unpaired) electrons. The second kappa shape index (κ2) is 4.41. The van der Waals surface area contributed by atoms with Crippen LogP contribution in [-0.4, -0.2) is 13.1 Å². The predicted octanol–water partition coefficient (Wildman–Crippen LogP) is 3.43. The van der Waals surface area contributed by atoms with Gasteiger partial charge in [0.05, 0.1) is 13.8 Å². The van der Waals surface area contributed by atoms with Crippen molar-refractivity contribution in [3.8, 4) is 11.3 Å². The van der Waals surface area contributed by atoms with E-state index in [0.29, 0.717) is 5.69 Å². The lowest BCUT2D eigenvalue weighted by Crippen LogP contribution is -2.40. The molecule has 1 heterocycles. The number of aromatic nitrogens is 1. The second-order valence-corrected chi connectivity index (χ2v) is 10.2. The van der Waals surface area contributed by atoms with Gasteiger partial charge in [0, 0.05) is 5.56 Å². The average Bonchev–Trinajstić information content (AvgIpc) is 2.28. The summed E-state index contributed by atoms with van der Waals surface area (Å²) in [5.74, 6) is -0.314. The number of hydrogen-bond donors (Lipinski definition) is 0. The summed E-state index contributed by atoms with van der Waals surface area (Å²) in [4.78, 5) is 4.08. The van der Waals surface area contributed by atoms with Crippen molar-refractivity contribution in [2.24, 2.45) is 0 Å². The van der Waals surface area contributed by atoms with Crippen molar-refractivity contribution in [2.75, 3.05) is 0 Å². The van der Waals surface area contributed by atoms with Crippen LogP contribution >= 0.6 is 0 Å². The van der Waals surface area contributed by atoms with Gasteiger partial charge in [-0.25, -0.2) is 4.98 Å². The van der Waals surface area contributed by atoms with E-state index in [1.807, 2.05) is 42.5 Å². The predicted molar refractivity (Wildman–Crippen MR) is 72.6 cm³/mol. The fourth-order valence-corrected chi connectivity index (χ4v) is 3.02. The van der Waals surface area contributed by atoms with E-state index >= 15 is 0 Å². The number of benzene rings is 1. The van der Waals surface area contributed by atoms with Gasteiger partial charge < -0.3 is 0 Å². The Bertz CT molecular complexity index is 517. The van der Waals surface area contributed by atoms with Crippen molar-refractivity contribution in [3.63, 3.8) is 0 Å². The lowest BCUT2D eigenvalue weighted by atomic mass is 10.1. The first-order valence-corrected chi connectivity index (χ1v) is 9.21. The smallest absolute Gasteiger partial charge is 0.212 e. The standard InChI is InChI=1S/C14H16FNSi/c1-17(2,3)13-10-9-12(16-14(13)15)11-7-5-4-6-8-11/h4-10H,1-3H3. The van der Waals surface area contributed by atoms with Crippen LogP contribution in [0.15, 0.2) is 42.5 Å². The zero-order valence-electron chi connectivity index (χ0n) is 10.4. The SMILES string of the molecule is C[Si](C)(C)c1ccc(-c2ccccc2)nc1F. The average molecular weight is 245 g/mol. The molecule has 0 spiro atoms. The second-order valence-electron chi connectivity index (χ2n) is 5.15. The number of hydrogen-bond acceptors (Lipinski definition) is 1.